The number of aromatic amines is 1. The molecule has 0 fully saturated rings. The molecule has 3 aromatic heterocycles. The Balaban J connectivity index is 1.64. The molecule has 1 aromatic carbocycles. The second kappa shape index (κ2) is 8.00. The lowest BCUT2D eigenvalue weighted by molar-refractivity contribution is 0.518. The van der Waals surface area contributed by atoms with Crippen LogP contribution in [0.25, 0.3) is 11.0 Å². The zero-order valence-corrected chi connectivity index (χ0v) is 17.1. The molecule has 0 radical (unpaired) electrons. The van der Waals surface area contributed by atoms with Crippen LogP contribution in [0.15, 0.2) is 53.1 Å². The van der Waals surface area contributed by atoms with Crippen molar-refractivity contribution in [2.45, 2.75) is 6.54 Å². The number of anilines is 4. The maximum Gasteiger partial charge on any atom is 0.301 e. The van der Waals surface area contributed by atoms with Gasteiger partial charge in [-0.3, -0.25) is 4.72 Å². The van der Waals surface area contributed by atoms with E-state index in [2.05, 4.69) is 35.8 Å². The quantitative estimate of drug-likeness (QED) is 0.335. The molecule has 0 amide bonds. The van der Waals surface area contributed by atoms with E-state index in [1.54, 1.807) is 42.7 Å². The van der Waals surface area contributed by atoms with Crippen LogP contribution in [0.4, 0.5) is 23.0 Å². The summed E-state index contributed by atoms with van der Waals surface area (Å²) >= 11 is 0. The molecule has 0 bridgehead atoms. The topological polar surface area (TPSA) is 141 Å². The van der Waals surface area contributed by atoms with Gasteiger partial charge in [-0.2, -0.15) is 28.1 Å². The summed E-state index contributed by atoms with van der Waals surface area (Å²) in [6.07, 6.45) is 1.59. The highest BCUT2D eigenvalue weighted by Gasteiger charge is 2.17. The monoisotopic (exact) mass is 428 g/mol. The van der Waals surface area contributed by atoms with Gasteiger partial charge in [0.05, 0.1) is 18.5 Å². The normalized spacial score (nSPS) is 11.7. The van der Waals surface area contributed by atoms with Crippen molar-refractivity contribution in [3.05, 3.63) is 54.5 Å². The van der Waals surface area contributed by atoms with E-state index in [-0.39, 0.29) is 0 Å². The Morgan fingerprint density at radius 2 is 1.93 bits per heavy atom. The molecule has 0 saturated heterocycles. The number of pyridine rings is 1. The van der Waals surface area contributed by atoms with Crippen LogP contribution in [0.1, 0.15) is 5.76 Å². The first kappa shape index (κ1) is 19.7. The molecule has 30 heavy (non-hydrogen) atoms. The minimum Gasteiger partial charge on any atom is -0.467 e. The maximum atomic E-state index is 12.3. The van der Waals surface area contributed by atoms with Gasteiger partial charge in [0.1, 0.15) is 22.6 Å². The van der Waals surface area contributed by atoms with Gasteiger partial charge in [-0.15, -0.1) is 0 Å². The van der Waals surface area contributed by atoms with E-state index < -0.39 is 10.2 Å². The lowest BCUT2D eigenvalue weighted by Crippen LogP contribution is -2.29. The molecule has 11 nitrogen and oxygen atoms in total. The van der Waals surface area contributed by atoms with Crippen LogP contribution in [-0.2, 0) is 16.8 Å². The predicted octanol–water partition coefficient (Wildman–Crippen LogP) is 2.52. The Hall–Kier alpha value is -3.64. The van der Waals surface area contributed by atoms with Gasteiger partial charge in [0.25, 0.3) is 0 Å². The van der Waals surface area contributed by atoms with Crippen molar-refractivity contribution in [1.29, 1.82) is 0 Å². The molecular weight excluding hydrogens is 408 g/mol. The summed E-state index contributed by atoms with van der Waals surface area (Å²) < 4.78 is 33.6. The number of hydrogen-bond donors (Lipinski definition) is 4. The molecule has 4 N–H and O–H groups in total. The van der Waals surface area contributed by atoms with Crippen molar-refractivity contribution in [3.63, 3.8) is 0 Å². The highest BCUT2D eigenvalue weighted by Crippen LogP contribution is 2.28. The van der Waals surface area contributed by atoms with Gasteiger partial charge in [-0.05, 0) is 42.5 Å². The molecule has 0 spiro atoms. The van der Waals surface area contributed by atoms with Crippen molar-refractivity contribution in [1.82, 2.24) is 24.7 Å². The zero-order chi connectivity index (χ0) is 21.1. The van der Waals surface area contributed by atoms with E-state index in [0.29, 0.717) is 35.1 Å². The van der Waals surface area contributed by atoms with Gasteiger partial charge in [0.15, 0.2) is 5.82 Å². The van der Waals surface area contributed by atoms with Gasteiger partial charge in [0.2, 0.25) is 0 Å². The van der Waals surface area contributed by atoms with Gasteiger partial charge in [-0.25, -0.2) is 4.98 Å². The van der Waals surface area contributed by atoms with Gasteiger partial charge in [0, 0.05) is 19.8 Å². The Morgan fingerprint density at radius 1 is 1.10 bits per heavy atom. The first-order valence-electron chi connectivity index (χ1n) is 8.96. The highest BCUT2D eigenvalue weighted by atomic mass is 32.2. The molecular formula is C18H20N8O3S. The lowest BCUT2D eigenvalue weighted by atomic mass is 10.2. The number of hydrogen-bond acceptors (Lipinski definition) is 8. The summed E-state index contributed by atoms with van der Waals surface area (Å²) in [6.45, 7) is 0.438. The number of fused-ring (bicyclic) bond motifs is 1. The third kappa shape index (κ3) is 4.34. The Kier molecular flexibility index (Phi) is 5.25. The van der Waals surface area contributed by atoms with E-state index in [4.69, 9.17) is 4.42 Å². The Labute approximate surface area is 172 Å². The fourth-order valence-corrected chi connectivity index (χ4v) is 3.24. The Bertz CT molecular complexity index is 1250. The standard InChI is InChI=1S/C18H20N8O3S/c1-26(2)30(27,28)24-15-7-8-17(19-11-13-4-3-9-29-13)21-18(15)20-12-5-6-14-16(10-12)23-25-22-14/h3-10,24H,11H2,1-2H3,(H2,19,20,21)(H,22,23,25). The fraction of sp³-hybridized carbons (Fsp3) is 0.167. The first-order chi connectivity index (χ1) is 14.4. The molecule has 3 heterocycles. The van der Waals surface area contributed by atoms with Crippen molar-refractivity contribution >= 4 is 44.3 Å². The Morgan fingerprint density at radius 3 is 2.70 bits per heavy atom. The highest BCUT2D eigenvalue weighted by molar-refractivity contribution is 7.90. The van der Waals surface area contributed by atoms with Crippen LogP contribution >= 0.6 is 0 Å². The number of nitrogens with one attached hydrogen (secondary N) is 4. The van der Waals surface area contributed by atoms with Crippen molar-refractivity contribution in [2.24, 2.45) is 0 Å². The summed E-state index contributed by atoms with van der Waals surface area (Å²) in [7, 11) is -0.822. The van der Waals surface area contributed by atoms with Crippen LogP contribution in [0.3, 0.4) is 0 Å². The van der Waals surface area contributed by atoms with E-state index in [0.717, 1.165) is 15.6 Å². The van der Waals surface area contributed by atoms with Gasteiger partial charge >= 0.3 is 10.2 Å². The van der Waals surface area contributed by atoms with Crippen molar-refractivity contribution in [3.8, 4) is 0 Å². The van der Waals surface area contributed by atoms with Crippen LogP contribution in [-0.4, -0.2) is 47.2 Å². The average Bonchev–Trinajstić information content (AvgIpc) is 3.39. The first-order valence-corrected chi connectivity index (χ1v) is 10.4. The molecule has 0 saturated carbocycles. The maximum absolute atomic E-state index is 12.3. The molecule has 0 aliphatic rings. The summed E-state index contributed by atoms with van der Waals surface area (Å²) in [5.74, 6) is 1.62. The number of nitrogens with zero attached hydrogens (tertiary/aromatic N) is 4. The number of benzene rings is 1. The predicted molar refractivity (Wildman–Crippen MR) is 114 cm³/mol. The largest absolute Gasteiger partial charge is 0.467 e. The second-order valence-corrected chi connectivity index (χ2v) is 8.45. The SMILES string of the molecule is CN(C)S(=O)(=O)Nc1ccc(NCc2ccco2)nc1Nc1ccc2n[nH]nc2c1. The van der Waals surface area contributed by atoms with Crippen LogP contribution in [0.2, 0.25) is 0 Å². The summed E-state index contributed by atoms with van der Waals surface area (Å²) in [5, 5.41) is 16.9. The summed E-state index contributed by atoms with van der Waals surface area (Å²) in [6, 6.07) is 12.4. The minimum atomic E-state index is -3.71. The van der Waals surface area contributed by atoms with Crippen LogP contribution < -0.4 is 15.4 Å². The number of rotatable bonds is 8. The molecule has 0 aliphatic heterocycles. The van der Waals surface area contributed by atoms with Crippen LogP contribution in [0, 0.1) is 0 Å². The molecule has 12 heteroatoms. The van der Waals surface area contributed by atoms with E-state index in [9.17, 15) is 8.42 Å². The van der Waals surface area contributed by atoms with Gasteiger partial charge < -0.3 is 15.1 Å². The molecule has 0 unspecified atom stereocenters. The third-order valence-electron chi connectivity index (χ3n) is 4.22. The second-order valence-electron chi connectivity index (χ2n) is 6.57. The molecule has 0 atom stereocenters. The zero-order valence-electron chi connectivity index (χ0n) is 16.2. The summed E-state index contributed by atoms with van der Waals surface area (Å²) in [5.41, 5.74) is 2.36. The molecule has 4 rings (SSSR count). The van der Waals surface area contributed by atoms with E-state index >= 15 is 0 Å². The fourth-order valence-electron chi connectivity index (χ4n) is 2.61. The number of H-pyrrole nitrogens is 1. The van der Waals surface area contributed by atoms with E-state index in [1.807, 2.05) is 6.07 Å². The smallest absolute Gasteiger partial charge is 0.301 e. The molecule has 4 aromatic rings. The van der Waals surface area contributed by atoms with Gasteiger partial charge in [-0.1, -0.05) is 0 Å². The van der Waals surface area contributed by atoms with Crippen molar-refractivity contribution < 1.29 is 12.8 Å². The number of aromatic nitrogens is 4. The number of furan rings is 1. The molecule has 0 aliphatic carbocycles. The van der Waals surface area contributed by atoms with Crippen LogP contribution in [0.5, 0.6) is 0 Å². The summed E-state index contributed by atoms with van der Waals surface area (Å²) in [4.78, 5) is 4.53. The van der Waals surface area contributed by atoms with E-state index in [1.165, 1.54) is 14.1 Å². The molecule has 156 valence electrons. The lowest BCUT2D eigenvalue weighted by Gasteiger charge is -2.17. The minimum absolute atomic E-state index is 0.299. The van der Waals surface area contributed by atoms with Crippen molar-refractivity contribution in [2.75, 3.05) is 29.5 Å². The average molecular weight is 428 g/mol. The third-order valence-corrected chi connectivity index (χ3v) is 5.66.